The van der Waals surface area contributed by atoms with Gasteiger partial charge in [-0.2, -0.15) is 0 Å². The molecule has 0 aliphatic rings. The summed E-state index contributed by atoms with van der Waals surface area (Å²) in [4.78, 5) is 10.6. The van der Waals surface area contributed by atoms with Crippen molar-refractivity contribution in [1.29, 1.82) is 0 Å². The molecule has 0 saturated heterocycles. The third kappa shape index (κ3) is 6.53. The molecule has 3 heteroatoms. The predicted molar refractivity (Wildman–Crippen MR) is 68.5 cm³/mol. The molecule has 0 aliphatic carbocycles. The Morgan fingerprint density at radius 1 is 1.29 bits per heavy atom. The van der Waals surface area contributed by atoms with Gasteiger partial charge in [0.15, 0.2) is 0 Å². The van der Waals surface area contributed by atoms with E-state index >= 15 is 0 Å². The van der Waals surface area contributed by atoms with E-state index in [1.807, 2.05) is 31.2 Å². The van der Waals surface area contributed by atoms with E-state index in [0.29, 0.717) is 6.61 Å². The number of rotatable bonds is 6. The second kappa shape index (κ2) is 7.63. The second-order valence-electron chi connectivity index (χ2n) is 3.94. The van der Waals surface area contributed by atoms with Gasteiger partial charge in [0, 0.05) is 20.0 Å². The van der Waals surface area contributed by atoms with Gasteiger partial charge in [0.1, 0.15) is 6.61 Å². The molecule has 1 rings (SSSR count). The van der Waals surface area contributed by atoms with Crippen LogP contribution in [-0.2, 0) is 16.1 Å². The van der Waals surface area contributed by atoms with E-state index in [-0.39, 0.29) is 5.97 Å². The van der Waals surface area contributed by atoms with Gasteiger partial charge < -0.3 is 10.1 Å². The van der Waals surface area contributed by atoms with E-state index in [1.54, 1.807) is 0 Å². The van der Waals surface area contributed by atoms with E-state index in [9.17, 15) is 4.79 Å². The van der Waals surface area contributed by atoms with Gasteiger partial charge in [-0.25, -0.2) is 0 Å². The van der Waals surface area contributed by atoms with Gasteiger partial charge in [0.05, 0.1) is 0 Å². The number of hydrogen-bond donors (Lipinski definition) is 1. The van der Waals surface area contributed by atoms with Gasteiger partial charge in [0.25, 0.3) is 0 Å². The third-order valence-electron chi connectivity index (χ3n) is 2.29. The molecule has 0 saturated carbocycles. The van der Waals surface area contributed by atoms with Gasteiger partial charge >= 0.3 is 5.97 Å². The lowest BCUT2D eigenvalue weighted by Gasteiger charge is -2.05. The molecule has 0 amide bonds. The monoisotopic (exact) mass is 233 g/mol. The van der Waals surface area contributed by atoms with E-state index < -0.39 is 0 Å². The summed E-state index contributed by atoms with van der Waals surface area (Å²) in [5.41, 5.74) is 2.43. The topological polar surface area (TPSA) is 38.3 Å². The number of carbonyl (C=O) groups is 1. The highest BCUT2D eigenvalue weighted by atomic mass is 16.5. The Morgan fingerprint density at radius 3 is 2.65 bits per heavy atom. The van der Waals surface area contributed by atoms with E-state index in [1.165, 1.54) is 18.1 Å². The van der Waals surface area contributed by atoms with E-state index in [2.05, 4.69) is 17.4 Å². The van der Waals surface area contributed by atoms with Crippen LogP contribution >= 0.6 is 0 Å². The summed E-state index contributed by atoms with van der Waals surface area (Å²) in [6, 6.07) is 10.2. The molecule has 0 bridgehead atoms. The molecule has 0 spiro atoms. The number of ether oxygens (including phenoxy) is 1. The summed E-state index contributed by atoms with van der Waals surface area (Å²) in [6.45, 7) is 5.43. The molecule has 1 aromatic carbocycles. The van der Waals surface area contributed by atoms with Gasteiger partial charge in [-0.1, -0.05) is 35.9 Å². The molecule has 0 heterocycles. The van der Waals surface area contributed by atoms with Crippen molar-refractivity contribution < 1.29 is 9.53 Å². The maximum absolute atomic E-state index is 10.6. The highest BCUT2D eigenvalue weighted by Crippen LogP contribution is 1.98. The Kier molecular flexibility index (Phi) is 6.04. The minimum absolute atomic E-state index is 0.244. The molecular formula is C14H19NO2. The van der Waals surface area contributed by atoms with Crippen LogP contribution in [0.4, 0.5) is 0 Å². The first kappa shape index (κ1) is 13.5. The zero-order valence-corrected chi connectivity index (χ0v) is 10.4. The summed E-state index contributed by atoms with van der Waals surface area (Å²) in [7, 11) is 0. The number of esters is 1. The molecular weight excluding hydrogens is 214 g/mol. The summed E-state index contributed by atoms with van der Waals surface area (Å²) >= 11 is 0. The van der Waals surface area contributed by atoms with Crippen LogP contribution in [0, 0.1) is 0 Å². The van der Waals surface area contributed by atoms with E-state index in [4.69, 9.17) is 4.74 Å². The lowest BCUT2D eigenvalue weighted by molar-refractivity contribution is -0.139. The largest absolute Gasteiger partial charge is 0.462 e. The fraction of sp³-hybridized carbons (Fsp3) is 0.357. The number of carbonyl (C=O) groups excluding carboxylic acids is 1. The van der Waals surface area contributed by atoms with Crippen LogP contribution in [0.2, 0.25) is 0 Å². The first-order chi connectivity index (χ1) is 8.18. The lowest BCUT2D eigenvalue weighted by atomic mass is 10.2. The first-order valence-corrected chi connectivity index (χ1v) is 5.72. The maximum Gasteiger partial charge on any atom is 0.302 e. The van der Waals surface area contributed by atoms with Crippen LogP contribution in [0.1, 0.15) is 19.4 Å². The Bertz CT molecular complexity index is 371. The van der Waals surface area contributed by atoms with Crippen LogP contribution in [0.15, 0.2) is 42.0 Å². The fourth-order valence-corrected chi connectivity index (χ4v) is 1.37. The predicted octanol–water partition coefficient (Wildman–Crippen LogP) is 2.29. The quantitative estimate of drug-likeness (QED) is 0.605. The minimum atomic E-state index is -0.244. The number of benzene rings is 1. The summed E-state index contributed by atoms with van der Waals surface area (Å²) in [5.74, 6) is -0.244. The fourth-order valence-electron chi connectivity index (χ4n) is 1.37. The van der Waals surface area contributed by atoms with Crippen molar-refractivity contribution in [3.63, 3.8) is 0 Å². The summed E-state index contributed by atoms with van der Waals surface area (Å²) in [6.07, 6.45) is 1.92. The molecule has 0 aromatic heterocycles. The van der Waals surface area contributed by atoms with Gasteiger partial charge in [0.2, 0.25) is 0 Å². The smallest absolute Gasteiger partial charge is 0.302 e. The molecule has 0 fully saturated rings. The van der Waals surface area contributed by atoms with Crippen molar-refractivity contribution >= 4 is 5.97 Å². The lowest BCUT2D eigenvalue weighted by Crippen LogP contribution is -2.15. The molecule has 0 aliphatic heterocycles. The average molecular weight is 233 g/mol. The summed E-state index contributed by atoms with van der Waals surface area (Å²) < 4.78 is 4.83. The van der Waals surface area contributed by atoms with Crippen LogP contribution in [0.3, 0.4) is 0 Å². The zero-order valence-electron chi connectivity index (χ0n) is 10.4. The molecule has 0 unspecified atom stereocenters. The van der Waals surface area contributed by atoms with Crippen molar-refractivity contribution in [3.05, 3.63) is 47.5 Å². The number of nitrogens with one attached hydrogen (secondary N) is 1. The first-order valence-electron chi connectivity index (χ1n) is 5.72. The Balaban J connectivity index is 2.20. The van der Waals surface area contributed by atoms with Gasteiger partial charge in [-0.15, -0.1) is 0 Å². The summed E-state index contributed by atoms with van der Waals surface area (Å²) in [5, 5.41) is 3.33. The number of hydrogen-bond acceptors (Lipinski definition) is 3. The average Bonchev–Trinajstić information content (AvgIpc) is 2.30. The Hall–Kier alpha value is -1.61. The third-order valence-corrected chi connectivity index (χ3v) is 2.29. The minimum Gasteiger partial charge on any atom is -0.462 e. The zero-order chi connectivity index (χ0) is 12.5. The van der Waals surface area contributed by atoms with Crippen molar-refractivity contribution in [3.8, 4) is 0 Å². The Labute approximate surface area is 102 Å². The second-order valence-corrected chi connectivity index (χ2v) is 3.94. The van der Waals surface area contributed by atoms with Crippen molar-refractivity contribution in [1.82, 2.24) is 5.32 Å². The molecule has 3 nitrogen and oxygen atoms in total. The van der Waals surface area contributed by atoms with Crippen LogP contribution in [-0.4, -0.2) is 19.1 Å². The van der Waals surface area contributed by atoms with Crippen molar-refractivity contribution in [2.24, 2.45) is 0 Å². The molecule has 1 N–H and O–H groups in total. The van der Waals surface area contributed by atoms with Gasteiger partial charge in [-0.3, -0.25) is 4.79 Å². The molecule has 0 atom stereocenters. The van der Waals surface area contributed by atoms with Crippen molar-refractivity contribution in [2.75, 3.05) is 13.2 Å². The van der Waals surface area contributed by atoms with Crippen LogP contribution in [0.5, 0.6) is 0 Å². The SMILES string of the molecule is CC(=O)OC/C=C(/C)CNCc1ccccc1. The van der Waals surface area contributed by atoms with Crippen molar-refractivity contribution in [2.45, 2.75) is 20.4 Å². The maximum atomic E-state index is 10.6. The highest BCUT2D eigenvalue weighted by molar-refractivity contribution is 5.66. The highest BCUT2D eigenvalue weighted by Gasteiger charge is 1.93. The molecule has 17 heavy (non-hydrogen) atoms. The van der Waals surface area contributed by atoms with Gasteiger partial charge in [-0.05, 0) is 18.6 Å². The molecule has 92 valence electrons. The van der Waals surface area contributed by atoms with Crippen LogP contribution < -0.4 is 5.32 Å². The standard InChI is InChI=1S/C14H19NO2/c1-12(8-9-17-13(2)16)10-15-11-14-6-4-3-5-7-14/h3-8,15H,9-11H2,1-2H3/b12-8-. The Morgan fingerprint density at radius 2 is 2.00 bits per heavy atom. The normalized spacial score (nSPS) is 11.3. The van der Waals surface area contributed by atoms with E-state index in [0.717, 1.165) is 13.1 Å². The molecule has 0 radical (unpaired) electrons. The molecule has 1 aromatic rings. The van der Waals surface area contributed by atoms with Crippen LogP contribution in [0.25, 0.3) is 0 Å².